The summed E-state index contributed by atoms with van der Waals surface area (Å²) in [4.78, 5) is 9.13. The van der Waals surface area contributed by atoms with Crippen molar-refractivity contribution in [3.05, 3.63) is 70.9 Å². The average molecular weight is 596 g/mol. The van der Waals surface area contributed by atoms with Crippen molar-refractivity contribution in [1.29, 1.82) is 0 Å². The molecule has 10 heteroatoms. The molecule has 2 heterocycles. The van der Waals surface area contributed by atoms with E-state index in [4.69, 9.17) is 29.0 Å². The molecule has 0 saturated heterocycles. The lowest BCUT2D eigenvalue weighted by Gasteiger charge is -2.16. The molecule has 9 nitrogen and oxygen atoms in total. The van der Waals surface area contributed by atoms with Gasteiger partial charge in [0.2, 0.25) is 0 Å². The van der Waals surface area contributed by atoms with E-state index in [0.717, 1.165) is 46.0 Å². The number of nitrogens with two attached hydrogens (primary N) is 1. The molecule has 4 rings (SSSR count). The minimum Gasteiger partial charge on any atom is -0.491 e. The highest BCUT2D eigenvalue weighted by atomic mass is 31.2. The third kappa shape index (κ3) is 8.49. The normalized spacial score (nSPS) is 11.9. The van der Waals surface area contributed by atoms with Crippen LogP contribution in [0.25, 0.3) is 21.8 Å². The second-order valence-electron chi connectivity index (χ2n) is 10.0. The van der Waals surface area contributed by atoms with E-state index in [0.29, 0.717) is 52.1 Å². The molecular formula is C32H42N3O6P. The van der Waals surface area contributed by atoms with Crippen molar-refractivity contribution >= 4 is 35.2 Å². The van der Waals surface area contributed by atoms with Gasteiger partial charge < -0.3 is 29.0 Å². The third-order valence-corrected chi connectivity index (χ3v) is 8.98. The van der Waals surface area contributed by atoms with Crippen molar-refractivity contribution < 1.29 is 27.8 Å². The Kier molecular flexibility index (Phi) is 11.7. The van der Waals surface area contributed by atoms with Gasteiger partial charge in [-0.15, -0.1) is 0 Å². The van der Waals surface area contributed by atoms with Crippen LogP contribution >= 0.6 is 7.60 Å². The summed E-state index contributed by atoms with van der Waals surface area (Å²) in [6.07, 6.45) is 3.79. The predicted octanol–water partition coefficient (Wildman–Crippen LogP) is 6.45. The standard InChI is InChI=1S/C32H42N3O6P/c1-5-40-42(36,41-6-2)20-19-38-16-15-37-17-18-39-27-11-10-25(24(4)22-27)8-9-26-13-14-34-31-30(26)28-12-7-23(3)21-29(28)35-32(31)33/h7,10-14,21-22H,5-6,8-9,15-20H2,1-4H3,(H2,33,35). The molecule has 0 fully saturated rings. The number of anilines is 1. The summed E-state index contributed by atoms with van der Waals surface area (Å²) in [5.74, 6) is 1.28. The lowest BCUT2D eigenvalue weighted by atomic mass is 9.96. The molecule has 2 aromatic carbocycles. The molecule has 0 bridgehead atoms. The van der Waals surface area contributed by atoms with Gasteiger partial charge in [-0.1, -0.05) is 18.2 Å². The van der Waals surface area contributed by atoms with Gasteiger partial charge in [-0.25, -0.2) is 4.98 Å². The van der Waals surface area contributed by atoms with Crippen LogP contribution in [0.2, 0.25) is 0 Å². The summed E-state index contributed by atoms with van der Waals surface area (Å²) in [5.41, 5.74) is 12.7. The van der Waals surface area contributed by atoms with Crippen LogP contribution in [0.5, 0.6) is 5.75 Å². The van der Waals surface area contributed by atoms with Crippen LogP contribution in [0, 0.1) is 13.8 Å². The molecule has 2 aromatic heterocycles. The Bertz CT molecular complexity index is 1520. The summed E-state index contributed by atoms with van der Waals surface area (Å²) in [7, 11) is -3.07. The van der Waals surface area contributed by atoms with E-state index in [9.17, 15) is 4.57 Å². The van der Waals surface area contributed by atoms with Crippen molar-refractivity contribution in [2.75, 3.05) is 58.1 Å². The summed E-state index contributed by atoms with van der Waals surface area (Å²) < 4.78 is 39.9. The fourth-order valence-electron chi connectivity index (χ4n) is 4.92. The van der Waals surface area contributed by atoms with Gasteiger partial charge in [0.05, 0.1) is 51.3 Å². The highest BCUT2D eigenvalue weighted by Crippen LogP contribution is 2.47. The molecule has 0 aliphatic rings. The van der Waals surface area contributed by atoms with Crippen molar-refractivity contribution in [2.24, 2.45) is 0 Å². The molecule has 0 spiro atoms. The number of pyridine rings is 2. The highest BCUT2D eigenvalue weighted by Gasteiger charge is 2.22. The Morgan fingerprint density at radius 1 is 0.833 bits per heavy atom. The molecule has 226 valence electrons. The van der Waals surface area contributed by atoms with Gasteiger partial charge in [0, 0.05) is 17.0 Å². The summed E-state index contributed by atoms with van der Waals surface area (Å²) in [6.45, 7) is 10.4. The monoisotopic (exact) mass is 595 g/mol. The lowest BCUT2D eigenvalue weighted by molar-refractivity contribution is 0.0397. The van der Waals surface area contributed by atoms with Gasteiger partial charge in [-0.05, 0) is 87.1 Å². The molecule has 2 N–H and O–H groups in total. The third-order valence-electron chi connectivity index (χ3n) is 6.95. The molecule has 0 radical (unpaired) electrons. The Morgan fingerprint density at radius 3 is 2.29 bits per heavy atom. The molecule has 0 amide bonds. The fraction of sp³-hybridized carbons (Fsp3) is 0.438. The van der Waals surface area contributed by atoms with Crippen LogP contribution in [0.3, 0.4) is 0 Å². The second-order valence-corrected chi connectivity index (χ2v) is 12.2. The first-order valence-electron chi connectivity index (χ1n) is 14.5. The Morgan fingerprint density at radius 2 is 1.55 bits per heavy atom. The summed E-state index contributed by atoms with van der Waals surface area (Å²) in [5, 5.41) is 2.16. The Balaban J connectivity index is 1.23. The largest absolute Gasteiger partial charge is 0.491 e. The van der Waals surface area contributed by atoms with E-state index in [1.807, 2.05) is 12.3 Å². The maximum absolute atomic E-state index is 12.4. The van der Waals surface area contributed by atoms with E-state index < -0.39 is 7.60 Å². The first-order chi connectivity index (χ1) is 20.3. The molecule has 0 saturated carbocycles. The second kappa shape index (κ2) is 15.4. The van der Waals surface area contributed by atoms with Crippen LogP contribution < -0.4 is 10.5 Å². The molecule has 0 aliphatic carbocycles. The molecule has 0 aliphatic heterocycles. The average Bonchev–Trinajstić information content (AvgIpc) is 2.96. The Labute approximate surface area is 248 Å². The van der Waals surface area contributed by atoms with Crippen LogP contribution in [-0.2, 0) is 35.9 Å². The van der Waals surface area contributed by atoms with Gasteiger partial charge in [0.25, 0.3) is 0 Å². The SMILES string of the molecule is CCOP(=O)(CCOCCOCCOc1ccc(CCc2ccnc3c(N)nc4cc(C)ccc4c23)c(C)c1)OCC. The van der Waals surface area contributed by atoms with Crippen molar-refractivity contribution in [3.63, 3.8) is 0 Å². The highest BCUT2D eigenvalue weighted by molar-refractivity contribution is 7.53. The summed E-state index contributed by atoms with van der Waals surface area (Å²) >= 11 is 0. The number of nitrogens with zero attached hydrogens (tertiary/aromatic N) is 2. The number of benzene rings is 2. The van der Waals surface area contributed by atoms with Crippen LogP contribution in [-0.4, -0.2) is 62.4 Å². The summed E-state index contributed by atoms with van der Waals surface area (Å²) in [6, 6.07) is 14.6. The molecule has 0 unspecified atom stereocenters. The van der Waals surface area contributed by atoms with Crippen molar-refractivity contribution in [2.45, 2.75) is 40.5 Å². The minimum atomic E-state index is -3.07. The van der Waals surface area contributed by atoms with Gasteiger partial charge in [0.1, 0.15) is 17.9 Å². The number of rotatable bonds is 17. The number of aromatic nitrogens is 2. The van der Waals surface area contributed by atoms with Crippen molar-refractivity contribution in [1.82, 2.24) is 9.97 Å². The number of aryl methyl sites for hydroxylation is 4. The van der Waals surface area contributed by atoms with E-state index in [1.54, 1.807) is 13.8 Å². The van der Waals surface area contributed by atoms with Crippen LogP contribution in [0.1, 0.15) is 36.1 Å². The van der Waals surface area contributed by atoms with Gasteiger partial charge >= 0.3 is 7.60 Å². The van der Waals surface area contributed by atoms with Gasteiger partial charge in [-0.3, -0.25) is 9.55 Å². The van der Waals surface area contributed by atoms with Crippen LogP contribution in [0.15, 0.2) is 48.7 Å². The maximum atomic E-state index is 12.4. The zero-order valence-electron chi connectivity index (χ0n) is 25.1. The quantitative estimate of drug-likeness (QED) is 0.0836. The van der Waals surface area contributed by atoms with E-state index in [2.05, 4.69) is 60.2 Å². The van der Waals surface area contributed by atoms with E-state index in [-0.39, 0.29) is 6.16 Å². The first kappa shape index (κ1) is 31.9. The number of ether oxygens (including phenoxy) is 3. The molecule has 0 atom stereocenters. The maximum Gasteiger partial charge on any atom is 0.332 e. The van der Waals surface area contributed by atoms with Crippen LogP contribution in [0.4, 0.5) is 5.82 Å². The predicted molar refractivity (Wildman–Crippen MR) is 168 cm³/mol. The topological polar surface area (TPSA) is 115 Å². The smallest absolute Gasteiger partial charge is 0.332 e. The van der Waals surface area contributed by atoms with E-state index in [1.165, 1.54) is 16.7 Å². The zero-order chi connectivity index (χ0) is 30.0. The first-order valence-corrected chi connectivity index (χ1v) is 16.3. The zero-order valence-corrected chi connectivity index (χ0v) is 26.0. The number of hydrogen-bond acceptors (Lipinski definition) is 9. The van der Waals surface area contributed by atoms with Crippen molar-refractivity contribution in [3.8, 4) is 5.75 Å². The van der Waals surface area contributed by atoms with E-state index >= 15 is 0 Å². The molecular weight excluding hydrogens is 553 g/mol. The number of hydrogen-bond donors (Lipinski definition) is 1. The Hall–Kier alpha value is -3.07. The minimum absolute atomic E-state index is 0.231. The lowest BCUT2D eigenvalue weighted by Crippen LogP contribution is -2.13. The number of nitrogen functional groups attached to an aromatic ring is 1. The van der Waals surface area contributed by atoms with Gasteiger partial charge in [-0.2, -0.15) is 0 Å². The fourth-order valence-corrected chi connectivity index (χ4v) is 6.39. The molecule has 4 aromatic rings. The molecule has 42 heavy (non-hydrogen) atoms. The van der Waals surface area contributed by atoms with Gasteiger partial charge in [0.15, 0.2) is 5.82 Å². The number of fused-ring (bicyclic) bond motifs is 3.